The van der Waals surface area contributed by atoms with E-state index in [1.807, 2.05) is 36.4 Å². The van der Waals surface area contributed by atoms with Crippen molar-refractivity contribution in [3.05, 3.63) is 71.8 Å². The van der Waals surface area contributed by atoms with Crippen molar-refractivity contribution < 1.29 is 14.3 Å². The summed E-state index contributed by atoms with van der Waals surface area (Å²) in [6.45, 7) is 3.89. The Morgan fingerprint density at radius 3 is 2.40 bits per heavy atom. The average Bonchev–Trinajstić information content (AvgIpc) is 2.50. The van der Waals surface area contributed by atoms with Gasteiger partial charge in [0, 0.05) is 25.4 Å². The van der Waals surface area contributed by atoms with Crippen molar-refractivity contribution in [1.29, 1.82) is 0 Å². The van der Waals surface area contributed by atoms with Gasteiger partial charge < -0.3 is 9.47 Å². The normalized spacial score (nSPS) is 15.1. The average molecular weight is 270 g/mol. The van der Waals surface area contributed by atoms with Crippen LogP contribution in [0.3, 0.4) is 0 Å². The molecule has 0 amide bonds. The standard InChI is InChI=1S/C17H18O3/c1-13-8-7-9-14(12-13)16(18)17(19-2,20-3)15-10-5-4-6-11-15/h4-7,9-12H,1,8H2,2-3H3. The number of carbonyl (C=O) groups excluding carboxylic acids is 1. The van der Waals surface area contributed by atoms with Gasteiger partial charge in [0.2, 0.25) is 5.78 Å². The molecule has 0 heterocycles. The second-order valence-electron chi connectivity index (χ2n) is 4.58. The van der Waals surface area contributed by atoms with E-state index in [-0.39, 0.29) is 5.78 Å². The lowest BCUT2D eigenvalue weighted by Crippen LogP contribution is -2.40. The molecule has 3 heteroatoms. The van der Waals surface area contributed by atoms with Crippen molar-refractivity contribution in [2.75, 3.05) is 14.2 Å². The molecule has 1 aliphatic carbocycles. The first-order valence-corrected chi connectivity index (χ1v) is 6.40. The topological polar surface area (TPSA) is 35.5 Å². The van der Waals surface area contributed by atoms with E-state index in [1.54, 1.807) is 12.2 Å². The second-order valence-corrected chi connectivity index (χ2v) is 4.58. The third kappa shape index (κ3) is 2.50. The SMILES string of the molecule is C=C1C=C(C(=O)C(OC)(OC)c2ccccc2)C=CC1. The van der Waals surface area contributed by atoms with Crippen molar-refractivity contribution >= 4 is 5.78 Å². The van der Waals surface area contributed by atoms with Crippen molar-refractivity contribution in [3.63, 3.8) is 0 Å². The van der Waals surface area contributed by atoms with E-state index in [4.69, 9.17) is 9.47 Å². The summed E-state index contributed by atoms with van der Waals surface area (Å²) in [6.07, 6.45) is 6.23. The Bertz CT molecular complexity index is 563. The van der Waals surface area contributed by atoms with Crippen LogP contribution in [0.25, 0.3) is 0 Å². The van der Waals surface area contributed by atoms with Gasteiger partial charge in [-0.1, -0.05) is 54.6 Å². The lowest BCUT2D eigenvalue weighted by Gasteiger charge is -2.30. The molecule has 0 fully saturated rings. The first-order valence-electron chi connectivity index (χ1n) is 6.40. The van der Waals surface area contributed by atoms with Gasteiger partial charge in [0.1, 0.15) is 0 Å². The second kappa shape index (κ2) is 5.99. The van der Waals surface area contributed by atoms with E-state index in [0.717, 1.165) is 12.0 Å². The highest BCUT2D eigenvalue weighted by Gasteiger charge is 2.42. The van der Waals surface area contributed by atoms with E-state index < -0.39 is 5.79 Å². The lowest BCUT2D eigenvalue weighted by molar-refractivity contribution is -0.209. The summed E-state index contributed by atoms with van der Waals surface area (Å²) in [5.74, 6) is -1.65. The Balaban J connectivity index is 2.46. The zero-order chi connectivity index (χ0) is 14.6. The maximum Gasteiger partial charge on any atom is 0.260 e. The number of ether oxygens (including phenoxy) is 2. The van der Waals surface area contributed by atoms with E-state index in [2.05, 4.69) is 6.58 Å². The molecule has 0 aliphatic heterocycles. The van der Waals surface area contributed by atoms with Crippen LogP contribution in [0.2, 0.25) is 0 Å². The molecule has 3 nitrogen and oxygen atoms in total. The van der Waals surface area contributed by atoms with Gasteiger partial charge in [-0.05, 0) is 12.5 Å². The first kappa shape index (κ1) is 14.4. The van der Waals surface area contributed by atoms with E-state index in [1.165, 1.54) is 14.2 Å². The predicted octanol–water partition coefficient (Wildman–Crippen LogP) is 3.14. The molecular formula is C17H18O3. The number of hydrogen-bond donors (Lipinski definition) is 0. The number of benzene rings is 1. The maximum atomic E-state index is 12.8. The Hall–Kier alpha value is -1.97. The molecule has 0 aromatic heterocycles. The van der Waals surface area contributed by atoms with Gasteiger partial charge in [-0.3, -0.25) is 4.79 Å². The Kier molecular flexibility index (Phi) is 4.32. The Morgan fingerprint density at radius 1 is 1.20 bits per heavy atom. The minimum Gasteiger partial charge on any atom is -0.343 e. The first-order chi connectivity index (χ1) is 9.64. The number of allylic oxidation sites excluding steroid dienone is 4. The number of ketones is 1. The van der Waals surface area contributed by atoms with Crippen LogP contribution in [0, 0.1) is 0 Å². The number of methoxy groups -OCH3 is 2. The molecule has 0 spiro atoms. The number of Topliss-reactive ketones (excluding diaryl/α,β-unsaturated/α-hetero) is 1. The van der Waals surface area contributed by atoms with Crippen LogP contribution < -0.4 is 0 Å². The van der Waals surface area contributed by atoms with Gasteiger partial charge in [0.15, 0.2) is 0 Å². The van der Waals surface area contributed by atoms with Crippen LogP contribution >= 0.6 is 0 Å². The Labute approximate surface area is 119 Å². The fourth-order valence-corrected chi connectivity index (χ4v) is 2.29. The zero-order valence-corrected chi connectivity index (χ0v) is 11.8. The molecule has 2 rings (SSSR count). The molecule has 20 heavy (non-hydrogen) atoms. The zero-order valence-electron chi connectivity index (χ0n) is 11.8. The van der Waals surface area contributed by atoms with Crippen LogP contribution in [-0.2, 0) is 20.1 Å². The fraction of sp³-hybridized carbons (Fsp3) is 0.235. The molecule has 0 unspecified atom stereocenters. The number of rotatable bonds is 5. The smallest absolute Gasteiger partial charge is 0.260 e. The molecule has 0 saturated heterocycles. The highest BCUT2D eigenvalue weighted by molar-refractivity contribution is 6.04. The van der Waals surface area contributed by atoms with Gasteiger partial charge in [0.25, 0.3) is 5.79 Å². The summed E-state index contributed by atoms with van der Waals surface area (Å²) in [5, 5.41) is 0. The van der Waals surface area contributed by atoms with Crippen LogP contribution in [0.4, 0.5) is 0 Å². The van der Waals surface area contributed by atoms with Gasteiger partial charge in [-0.2, -0.15) is 0 Å². The predicted molar refractivity (Wildman–Crippen MR) is 78.1 cm³/mol. The molecule has 1 aromatic rings. The van der Waals surface area contributed by atoms with E-state index in [9.17, 15) is 4.79 Å². The molecule has 1 aliphatic rings. The minimum absolute atomic E-state index is 0.231. The van der Waals surface area contributed by atoms with Gasteiger partial charge in [-0.25, -0.2) is 0 Å². The van der Waals surface area contributed by atoms with Gasteiger partial charge in [-0.15, -0.1) is 0 Å². The molecule has 0 atom stereocenters. The van der Waals surface area contributed by atoms with Crippen LogP contribution in [-0.4, -0.2) is 20.0 Å². The molecule has 0 radical (unpaired) electrons. The Morgan fingerprint density at radius 2 is 1.85 bits per heavy atom. The summed E-state index contributed by atoms with van der Waals surface area (Å²) < 4.78 is 10.9. The molecular weight excluding hydrogens is 252 g/mol. The molecule has 0 N–H and O–H groups in total. The quantitative estimate of drug-likeness (QED) is 0.771. The van der Waals surface area contributed by atoms with Crippen molar-refractivity contribution in [2.45, 2.75) is 12.2 Å². The number of carbonyl (C=O) groups is 1. The van der Waals surface area contributed by atoms with Gasteiger partial charge in [0.05, 0.1) is 0 Å². The highest BCUT2D eigenvalue weighted by Crippen LogP contribution is 2.31. The lowest BCUT2D eigenvalue weighted by atomic mass is 9.91. The third-order valence-corrected chi connectivity index (χ3v) is 3.33. The monoisotopic (exact) mass is 270 g/mol. The molecule has 1 aromatic carbocycles. The fourth-order valence-electron chi connectivity index (χ4n) is 2.29. The summed E-state index contributed by atoms with van der Waals surface area (Å²) >= 11 is 0. The molecule has 0 bridgehead atoms. The summed E-state index contributed by atoms with van der Waals surface area (Å²) in [5.41, 5.74) is 2.10. The van der Waals surface area contributed by atoms with Crippen LogP contribution in [0.1, 0.15) is 12.0 Å². The maximum absolute atomic E-state index is 12.8. The van der Waals surface area contributed by atoms with Crippen molar-refractivity contribution in [1.82, 2.24) is 0 Å². The van der Waals surface area contributed by atoms with Crippen LogP contribution in [0.5, 0.6) is 0 Å². The largest absolute Gasteiger partial charge is 0.343 e. The van der Waals surface area contributed by atoms with E-state index >= 15 is 0 Å². The van der Waals surface area contributed by atoms with E-state index in [0.29, 0.717) is 11.1 Å². The summed E-state index contributed by atoms with van der Waals surface area (Å²) in [7, 11) is 2.94. The molecule has 104 valence electrons. The minimum atomic E-state index is -1.42. The summed E-state index contributed by atoms with van der Waals surface area (Å²) in [6, 6.07) is 9.20. The van der Waals surface area contributed by atoms with Crippen molar-refractivity contribution in [2.24, 2.45) is 0 Å². The highest BCUT2D eigenvalue weighted by atomic mass is 16.7. The molecule has 0 saturated carbocycles. The number of hydrogen-bond acceptors (Lipinski definition) is 3. The van der Waals surface area contributed by atoms with Crippen molar-refractivity contribution in [3.8, 4) is 0 Å². The third-order valence-electron chi connectivity index (χ3n) is 3.33. The van der Waals surface area contributed by atoms with Gasteiger partial charge >= 0.3 is 0 Å². The van der Waals surface area contributed by atoms with Crippen LogP contribution in [0.15, 0.2) is 66.3 Å². The summed E-state index contributed by atoms with van der Waals surface area (Å²) in [4.78, 5) is 12.8.